The number of aromatic nitrogens is 4. The zero-order valence-corrected chi connectivity index (χ0v) is 15.6. The number of carbonyl (C=O) groups is 1. The Hall–Kier alpha value is -2.87. The zero-order valence-electron chi connectivity index (χ0n) is 14.8. The second-order valence-electron chi connectivity index (χ2n) is 5.71. The number of tetrazole rings is 1. The maximum absolute atomic E-state index is 11.3. The van der Waals surface area contributed by atoms with Gasteiger partial charge in [-0.3, -0.25) is 4.79 Å². The predicted molar refractivity (Wildman–Crippen MR) is 101 cm³/mol. The van der Waals surface area contributed by atoms with Crippen LogP contribution in [0.2, 0.25) is 0 Å². The molecule has 0 aliphatic rings. The molecule has 0 radical (unpaired) electrons. The molecule has 0 aliphatic carbocycles. The van der Waals surface area contributed by atoms with E-state index >= 15 is 0 Å². The number of methoxy groups -OCH3 is 1. The molecule has 0 atom stereocenters. The van der Waals surface area contributed by atoms with E-state index in [9.17, 15) is 4.79 Å². The normalized spacial score (nSPS) is 10.6. The van der Waals surface area contributed by atoms with Crippen LogP contribution in [0.1, 0.15) is 18.1 Å². The quantitative estimate of drug-likeness (QED) is 0.672. The molecule has 8 heteroatoms. The minimum Gasteiger partial charge on any atom is -0.496 e. The summed E-state index contributed by atoms with van der Waals surface area (Å²) < 4.78 is 7.08. The van der Waals surface area contributed by atoms with E-state index in [1.807, 2.05) is 43.3 Å². The predicted octanol–water partition coefficient (Wildman–Crippen LogP) is 3.23. The Morgan fingerprint density at radius 2 is 2.12 bits per heavy atom. The van der Waals surface area contributed by atoms with Gasteiger partial charge in [0.25, 0.3) is 0 Å². The molecule has 3 rings (SSSR count). The van der Waals surface area contributed by atoms with Crippen molar-refractivity contribution in [3.8, 4) is 11.4 Å². The van der Waals surface area contributed by atoms with Gasteiger partial charge < -0.3 is 10.1 Å². The molecular formula is C18H19N5O2S. The summed E-state index contributed by atoms with van der Waals surface area (Å²) >= 11 is 1.52. The summed E-state index contributed by atoms with van der Waals surface area (Å²) in [5, 5.41) is 15.4. The van der Waals surface area contributed by atoms with Crippen LogP contribution in [0.25, 0.3) is 5.69 Å². The fourth-order valence-electron chi connectivity index (χ4n) is 2.51. The van der Waals surface area contributed by atoms with Crippen molar-refractivity contribution < 1.29 is 9.53 Å². The van der Waals surface area contributed by atoms with Crippen LogP contribution in [0.4, 0.5) is 5.69 Å². The highest BCUT2D eigenvalue weighted by atomic mass is 32.2. The summed E-state index contributed by atoms with van der Waals surface area (Å²) in [7, 11) is 1.66. The molecule has 3 aromatic rings. The Kier molecular flexibility index (Phi) is 5.52. The standard InChI is InChI=1S/C18H19N5O2S/c1-12-7-8-17(25-3)14(9-12)11-26-18-20-21-22-23(18)16-6-4-5-15(10-16)19-13(2)24/h4-10H,11H2,1-3H3,(H,19,24). The van der Waals surface area contributed by atoms with E-state index in [4.69, 9.17) is 4.74 Å². The fraction of sp³-hybridized carbons (Fsp3) is 0.222. The Morgan fingerprint density at radius 3 is 2.88 bits per heavy atom. The SMILES string of the molecule is COc1ccc(C)cc1CSc1nnnn1-c1cccc(NC(C)=O)c1. The molecule has 0 aliphatic heterocycles. The van der Waals surface area contributed by atoms with Crippen molar-refractivity contribution in [3.05, 3.63) is 53.6 Å². The van der Waals surface area contributed by atoms with Gasteiger partial charge >= 0.3 is 0 Å². The largest absolute Gasteiger partial charge is 0.496 e. The third-order valence-electron chi connectivity index (χ3n) is 3.64. The molecule has 0 unspecified atom stereocenters. The van der Waals surface area contributed by atoms with Crippen LogP contribution in [0, 0.1) is 6.92 Å². The molecule has 2 aromatic carbocycles. The number of benzene rings is 2. The molecule has 0 bridgehead atoms. The Balaban J connectivity index is 1.81. The number of amides is 1. The summed E-state index contributed by atoms with van der Waals surface area (Å²) in [4.78, 5) is 11.3. The summed E-state index contributed by atoms with van der Waals surface area (Å²) in [5.74, 6) is 1.39. The second kappa shape index (κ2) is 8.01. The van der Waals surface area contributed by atoms with E-state index < -0.39 is 0 Å². The van der Waals surface area contributed by atoms with Crippen LogP contribution in [-0.2, 0) is 10.5 Å². The van der Waals surface area contributed by atoms with Gasteiger partial charge in [0.15, 0.2) is 0 Å². The molecule has 1 heterocycles. The molecular weight excluding hydrogens is 350 g/mol. The van der Waals surface area contributed by atoms with Crippen LogP contribution >= 0.6 is 11.8 Å². The average molecular weight is 369 g/mol. The molecule has 26 heavy (non-hydrogen) atoms. The molecule has 0 spiro atoms. The monoisotopic (exact) mass is 369 g/mol. The van der Waals surface area contributed by atoms with Gasteiger partial charge in [0.05, 0.1) is 12.8 Å². The van der Waals surface area contributed by atoms with Crippen molar-refractivity contribution in [3.63, 3.8) is 0 Å². The number of nitrogens with zero attached hydrogens (tertiary/aromatic N) is 4. The van der Waals surface area contributed by atoms with Crippen molar-refractivity contribution in [2.24, 2.45) is 0 Å². The summed E-state index contributed by atoms with van der Waals surface area (Å²) in [6.45, 7) is 3.52. The molecule has 1 aromatic heterocycles. The topological polar surface area (TPSA) is 81.9 Å². The van der Waals surface area contributed by atoms with Gasteiger partial charge in [-0.1, -0.05) is 35.5 Å². The summed E-state index contributed by atoms with van der Waals surface area (Å²) in [6, 6.07) is 13.5. The highest BCUT2D eigenvalue weighted by Crippen LogP contribution is 2.28. The Morgan fingerprint density at radius 1 is 1.27 bits per heavy atom. The molecule has 1 N–H and O–H groups in total. The van der Waals surface area contributed by atoms with Crippen LogP contribution in [-0.4, -0.2) is 33.2 Å². The number of nitrogens with one attached hydrogen (secondary N) is 1. The van der Waals surface area contributed by atoms with Gasteiger partial charge in [-0.2, -0.15) is 4.68 Å². The average Bonchev–Trinajstić information content (AvgIpc) is 3.08. The van der Waals surface area contributed by atoms with Crippen LogP contribution in [0.5, 0.6) is 5.75 Å². The molecule has 0 fully saturated rings. The lowest BCUT2D eigenvalue weighted by Gasteiger charge is -2.10. The first-order valence-corrected chi connectivity index (χ1v) is 8.98. The molecule has 1 amide bonds. The first kappa shape index (κ1) is 17.9. The van der Waals surface area contributed by atoms with Crippen LogP contribution < -0.4 is 10.1 Å². The smallest absolute Gasteiger partial charge is 0.221 e. The van der Waals surface area contributed by atoms with Gasteiger partial charge in [0.1, 0.15) is 5.75 Å². The summed E-state index contributed by atoms with van der Waals surface area (Å²) in [5.41, 5.74) is 3.73. The lowest BCUT2D eigenvalue weighted by molar-refractivity contribution is -0.114. The number of thioether (sulfide) groups is 1. The molecule has 7 nitrogen and oxygen atoms in total. The van der Waals surface area contributed by atoms with Gasteiger partial charge in [-0.25, -0.2) is 0 Å². The minimum atomic E-state index is -0.125. The maximum atomic E-state index is 11.3. The van der Waals surface area contributed by atoms with E-state index in [1.165, 1.54) is 24.2 Å². The van der Waals surface area contributed by atoms with Gasteiger partial charge in [0.2, 0.25) is 11.1 Å². The van der Waals surface area contributed by atoms with Crippen molar-refractivity contribution in [2.45, 2.75) is 24.8 Å². The number of carbonyl (C=O) groups excluding carboxylic acids is 1. The third kappa shape index (κ3) is 4.20. The Labute approximate surface area is 155 Å². The Bertz CT molecular complexity index is 925. The van der Waals surface area contributed by atoms with E-state index in [0.717, 1.165) is 17.0 Å². The summed E-state index contributed by atoms with van der Waals surface area (Å²) in [6.07, 6.45) is 0. The number of rotatable bonds is 6. The van der Waals surface area contributed by atoms with Crippen molar-refractivity contribution in [1.82, 2.24) is 20.2 Å². The first-order chi connectivity index (χ1) is 12.6. The van der Waals surface area contributed by atoms with E-state index in [1.54, 1.807) is 11.8 Å². The van der Waals surface area contributed by atoms with Crippen LogP contribution in [0.3, 0.4) is 0 Å². The number of aryl methyl sites for hydroxylation is 1. The van der Waals surface area contributed by atoms with Crippen LogP contribution in [0.15, 0.2) is 47.6 Å². The van der Waals surface area contributed by atoms with E-state index in [-0.39, 0.29) is 5.91 Å². The zero-order chi connectivity index (χ0) is 18.5. The first-order valence-electron chi connectivity index (χ1n) is 7.99. The molecule has 0 saturated carbocycles. The third-order valence-corrected chi connectivity index (χ3v) is 4.61. The lowest BCUT2D eigenvalue weighted by Crippen LogP contribution is -2.07. The van der Waals surface area contributed by atoms with Gasteiger partial charge in [-0.15, -0.1) is 5.10 Å². The van der Waals surface area contributed by atoms with E-state index in [2.05, 4.69) is 26.9 Å². The van der Waals surface area contributed by atoms with Gasteiger partial charge in [-0.05, 0) is 41.6 Å². The number of hydrogen-bond acceptors (Lipinski definition) is 6. The minimum absolute atomic E-state index is 0.125. The molecule has 134 valence electrons. The van der Waals surface area contributed by atoms with Gasteiger partial charge in [0, 0.05) is 23.9 Å². The molecule has 0 saturated heterocycles. The second-order valence-corrected chi connectivity index (χ2v) is 6.65. The fourth-order valence-corrected chi connectivity index (χ4v) is 3.38. The highest BCUT2D eigenvalue weighted by molar-refractivity contribution is 7.98. The highest BCUT2D eigenvalue weighted by Gasteiger charge is 2.12. The van der Waals surface area contributed by atoms with Crippen molar-refractivity contribution in [2.75, 3.05) is 12.4 Å². The van der Waals surface area contributed by atoms with E-state index in [0.29, 0.717) is 16.6 Å². The lowest BCUT2D eigenvalue weighted by atomic mass is 10.1. The maximum Gasteiger partial charge on any atom is 0.221 e. The number of hydrogen-bond donors (Lipinski definition) is 1. The number of anilines is 1. The van der Waals surface area contributed by atoms with Crippen molar-refractivity contribution in [1.29, 1.82) is 0 Å². The number of ether oxygens (including phenoxy) is 1. The van der Waals surface area contributed by atoms with Crippen molar-refractivity contribution >= 4 is 23.4 Å².